The van der Waals surface area contributed by atoms with Gasteiger partial charge in [-0.1, -0.05) is 6.42 Å². The van der Waals surface area contributed by atoms with Crippen LogP contribution in [-0.4, -0.2) is 33.1 Å². The van der Waals surface area contributed by atoms with Crippen LogP contribution >= 0.6 is 0 Å². The minimum Gasteiger partial charge on any atom is -0.382 e. The molecule has 19 heavy (non-hydrogen) atoms. The molecule has 0 aliphatic carbocycles. The number of unbranched alkanes of at least 4 members (excludes halogenated alkanes) is 1. The summed E-state index contributed by atoms with van der Waals surface area (Å²) in [5.41, 5.74) is 7.25. The Morgan fingerprint density at radius 3 is 3.16 bits per heavy atom. The summed E-state index contributed by atoms with van der Waals surface area (Å²) in [6.07, 6.45) is 7.19. The Labute approximate surface area is 111 Å². The van der Waals surface area contributed by atoms with Gasteiger partial charge in [0, 0.05) is 19.6 Å². The summed E-state index contributed by atoms with van der Waals surface area (Å²) < 4.78 is 5.37. The van der Waals surface area contributed by atoms with Crippen molar-refractivity contribution >= 4 is 17.0 Å². The maximum Gasteiger partial charge on any atom is 0.183 e. The largest absolute Gasteiger partial charge is 0.382 e. The Bertz CT molecular complexity index is 547. The van der Waals surface area contributed by atoms with Crippen LogP contribution in [0.2, 0.25) is 0 Å². The van der Waals surface area contributed by atoms with Crippen molar-refractivity contribution in [2.45, 2.75) is 32.1 Å². The van der Waals surface area contributed by atoms with Crippen LogP contribution in [0, 0.1) is 5.92 Å². The van der Waals surface area contributed by atoms with Crippen LogP contribution in [0.3, 0.4) is 0 Å². The Kier molecular flexibility index (Phi) is 3.59. The van der Waals surface area contributed by atoms with Crippen molar-refractivity contribution < 1.29 is 4.74 Å². The second kappa shape index (κ2) is 5.52. The molecular weight excluding hydrogens is 242 g/mol. The summed E-state index contributed by atoms with van der Waals surface area (Å²) in [7, 11) is 0. The predicted molar refractivity (Wildman–Crippen MR) is 72.6 cm³/mol. The maximum atomic E-state index is 5.87. The molecule has 0 amide bonds. The third-order valence-electron chi connectivity index (χ3n) is 3.65. The summed E-state index contributed by atoms with van der Waals surface area (Å²) >= 11 is 0. The van der Waals surface area contributed by atoms with E-state index >= 15 is 0 Å². The Morgan fingerprint density at radius 2 is 2.32 bits per heavy atom. The number of imidazole rings is 1. The number of fused-ring (bicyclic) bond motifs is 1. The fourth-order valence-corrected chi connectivity index (χ4v) is 2.54. The van der Waals surface area contributed by atoms with Crippen molar-refractivity contribution in [2.24, 2.45) is 5.92 Å². The normalized spacial score (nSPS) is 19.3. The lowest BCUT2D eigenvalue weighted by molar-refractivity contribution is 0.183. The van der Waals surface area contributed by atoms with Gasteiger partial charge in [0.15, 0.2) is 11.5 Å². The van der Waals surface area contributed by atoms with E-state index in [1.54, 1.807) is 6.33 Å². The fourth-order valence-electron chi connectivity index (χ4n) is 2.54. The van der Waals surface area contributed by atoms with Gasteiger partial charge in [-0.25, -0.2) is 15.0 Å². The summed E-state index contributed by atoms with van der Waals surface area (Å²) in [5, 5.41) is 0. The molecule has 2 aromatic rings. The Morgan fingerprint density at radius 1 is 1.37 bits per heavy atom. The molecule has 0 aromatic carbocycles. The van der Waals surface area contributed by atoms with Crippen LogP contribution in [0.15, 0.2) is 6.33 Å². The molecule has 2 aromatic heterocycles. The zero-order valence-corrected chi connectivity index (χ0v) is 10.9. The molecule has 3 N–H and O–H groups in total. The molecule has 3 heterocycles. The van der Waals surface area contributed by atoms with Gasteiger partial charge in [0.25, 0.3) is 0 Å². The lowest BCUT2D eigenvalue weighted by Gasteiger charge is -2.06. The first-order chi connectivity index (χ1) is 9.33. The van der Waals surface area contributed by atoms with E-state index in [9.17, 15) is 0 Å². The number of nitrogens with two attached hydrogens (primary N) is 1. The highest BCUT2D eigenvalue weighted by Crippen LogP contribution is 2.20. The van der Waals surface area contributed by atoms with Crippen molar-refractivity contribution in [1.29, 1.82) is 0 Å². The minimum absolute atomic E-state index is 0.488. The second-order valence-corrected chi connectivity index (χ2v) is 5.10. The number of ether oxygens (including phenoxy) is 1. The molecule has 3 rings (SSSR count). The predicted octanol–water partition coefficient (Wildman–Crippen LogP) is 1.68. The van der Waals surface area contributed by atoms with Gasteiger partial charge >= 0.3 is 0 Å². The van der Waals surface area contributed by atoms with Crippen molar-refractivity contribution in [3.05, 3.63) is 12.2 Å². The first-order valence-corrected chi connectivity index (χ1v) is 6.86. The molecule has 0 spiro atoms. The van der Waals surface area contributed by atoms with Gasteiger partial charge in [0.05, 0.1) is 6.33 Å². The molecule has 1 unspecified atom stereocenters. The van der Waals surface area contributed by atoms with Crippen LogP contribution in [0.1, 0.15) is 31.5 Å². The van der Waals surface area contributed by atoms with E-state index in [0.29, 0.717) is 11.5 Å². The molecular formula is C13H19N5O. The second-order valence-electron chi connectivity index (χ2n) is 5.10. The van der Waals surface area contributed by atoms with E-state index in [0.717, 1.165) is 43.3 Å². The number of hydrogen-bond acceptors (Lipinski definition) is 5. The highest BCUT2D eigenvalue weighted by atomic mass is 16.5. The first-order valence-electron chi connectivity index (χ1n) is 6.86. The topological polar surface area (TPSA) is 89.7 Å². The van der Waals surface area contributed by atoms with Crippen LogP contribution in [0.25, 0.3) is 11.2 Å². The van der Waals surface area contributed by atoms with E-state index in [1.165, 1.54) is 19.3 Å². The van der Waals surface area contributed by atoms with E-state index in [4.69, 9.17) is 10.5 Å². The summed E-state index contributed by atoms with van der Waals surface area (Å²) in [4.78, 5) is 15.8. The third kappa shape index (κ3) is 2.84. The molecule has 0 bridgehead atoms. The van der Waals surface area contributed by atoms with Crippen molar-refractivity contribution in [2.75, 3.05) is 18.9 Å². The number of aromatic amines is 1. The Hall–Kier alpha value is -1.69. The van der Waals surface area contributed by atoms with Gasteiger partial charge in [-0.3, -0.25) is 0 Å². The molecule has 1 aliphatic heterocycles. The van der Waals surface area contributed by atoms with Gasteiger partial charge in [-0.15, -0.1) is 0 Å². The van der Waals surface area contributed by atoms with Crippen molar-refractivity contribution in [1.82, 2.24) is 19.9 Å². The number of hydrogen-bond donors (Lipinski definition) is 2. The van der Waals surface area contributed by atoms with Crippen LogP contribution in [0.4, 0.5) is 5.82 Å². The van der Waals surface area contributed by atoms with E-state index < -0.39 is 0 Å². The number of nitrogen functional groups attached to an aromatic ring is 1. The SMILES string of the molecule is Nc1nc(CCCCC2CCOC2)nc2nc[nH]c12. The maximum absolute atomic E-state index is 5.87. The van der Waals surface area contributed by atoms with Gasteiger partial charge in [-0.05, 0) is 25.2 Å². The van der Waals surface area contributed by atoms with E-state index in [2.05, 4.69) is 19.9 Å². The quantitative estimate of drug-likeness (QED) is 0.799. The molecule has 0 saturated carbocycles. The molecule has 0 radical (unpaired) electrons. The third-order valence-corrected chi connectivity index (χ3v) is 3.65. The summed E-state index contributed by atoms with van der Waals surface area (Å²) in [6.45, 7) is 1.86. The van der Waals surface area contributed by atoms with Crippen LogP contribution in [-0.2, 0) is 11.2 Å². The number of rotatable bonds is 5. The number of nitrogens with one attached hydrogen (secondary N) is 1. The molecule has 6 heteroatoms. The number of aryl methyl sites for hydroxylation is 1. The van der Waals surface area contributed by atoms with Gasteiger partial charge in [0.1, 0.15) is 11.3 Å². The molecule has 1 fully saturated rings. The van der Waals surface area contributed by atoms with Gasteiger partial charge in [0.2, 0.25) is 0 Å². The molecule has 1 aliphatic rings. The standard InChI is InChI=1S/C13H19N5O/c14-12-11-13(16-8-15-11)18-10(17-12)4-2-1-3-9-5-6-19-7-9/h8-9H,1-7H2,(H3,14,15,16,17,18). The van der Waals surface area contributed by atoms with Crippen LogP contribution in [0.5, 0.6) is 0 Å². The van der Waals surface area contributed by atoms with Crippen molar-refractivity contribution in [3.8, 4) is 0 Å². The molecule has 1 atom stereocenters. The highest BCUT2D eigenvalue weighted by Gasteiger charge is 2.15. The van der Waals surface area contributed by atoms with Gasteiger partial charge < -0.3 is 15.5 Å². The van der Waals surface area contributed by atoms with E-state index in [-0.39, 0.29) is 0 Å². The average molecular weight is 261 g/mol. The zero-order chi connectivity index (χ0) is 13.1. The van der Waals surface area contributed by atoms with Gasteiger partial charge in [-0.2, -0.15) is 0 Å². The lowest BCUT2D eigenvalue weighted by Crippen LogP contribution is -2.02. The number of H-pyrrole nitrogens is 1. The Balaban J connectivity index is 1.53. The first kappa shape index (κ1) is 12.3. The number of nitrogens with zero attached hydrogens (tertiary/aromatic N) is 3. The molecule has 6 nitrogen and oxygen atoms in total. The molecule has 1 saturated heterocycles. The summed E-state index contributed by atoms with van der Waals surface area (Å²) in [5.74, 6) is 2.03. The minimum atomic E-state index is 0.488. The number of aromatic nitrogens is 4. The highest BCUT2D eigenvalue weighted by molar-refractivity contribution is 5.80. The average Bonchev–Trinajstić information content (AvgIpc) is 3.05. The zero-order valence-electron chi connectivity index (χ0n) is 10.9. The summed E-state index contributed by atoms with van der Waals surface area (Å²) in [6, 6.07) is 0. The smallest absolute Gasteiger partial charge is 0.183 e. The van der Waals surface area contributed by atoms with Crippen molar-refractivity contribution in [3.63, 3.8) is 0 Å². The van der Waals surface area contributed by atoms with Crippen LogP contribution < -0.4 is 5.73 Å². The molecule has 102 valence electrons. The number of anilines is 1. The lowest BCUT2D eigenvalue weighted by atomic mass is 10.0. The monoisotopic (exact) mass is 261 g/mol. The fraction of sp³-hybridized carbons (Fsp3) is 0.615. The van der Waals surface area contributed by atoms with E-state index in [1.807, 2.05) is 0 Å².